The number of nitrogen functional groups attached to an aromatic ring is 1. The predicted octanol–water partition coefficient (Wildman–Crippen LogP) is 4.48. The Bertz CT molecular complexity index is 1290. The van der Waals surface area contributed by atoms with Gasteiger partial charge in [0.25, 0.3) is 5.91 Å². The fourth-order valence-corrected chi connectivity index (χ4v) is 4.01. The van der Waals surface area contributed by atoms with Crippen LogP contribution in [0.3, 0.4) is 0 Å². The van der Waals surface area contributed by atoms with Crippen LogP contribution in [0.25, 0.3) is 22.0 Å². The van der Waals surface area contributed by atoms with E-state index < -0.39 is 0 Å². The van der Waals surface area contributed by atoms with Crippen molar-refractivity contribution in [3.63, 3.8) is 0 Å². The van der Waals surface area contributed by atoms with Crippen molar-refractivity contribution < 1.29 is 9.18 Å². The second-order valence-electron chi connectivity index (χ2n) is 7.55. The summed E-state index contributed by atoms with van der Waals surface area (Å²) in [6.07, 6.45) is 0. The van der Waals surface area contributed by atoms with Crippen LogP contribution in [0.1, 0.15) is 27.2 Å². The van der Waals surface area contributed by atoms with Crippen molar-refractivity contribution in [2.24, 2.45) is 0 Å². The van der Waals surface area contributed by atoms with Gasteiger partial charge in [-0.25, -0.2) is 14.4 Å². The highest BCUT2D eigenvalue weighted by Gasteiger charge is 2.27. The lowest BCUT2D eigenvalue weighted by Crippen LogP contribution is -2.27. The summed E-state index contributed by atoms with van der Waals surface area (Å²) < 4.78 is 13.8. The van der Waals surface area contributed by atoms with E-state index in [9.17, 15) is 9.18 Å². The minimum absolute atomic E-state index is 0.0530. The number of aromatic nitrogens is 2. The number of fused-ring (bicyclic) bond motifs is 2. The van der Waals surface area contributed by atoms with Crippen LogP contribution in [-0.4, -0.2) is 20.8 Å². The summed E-state index contributed by atoms with van der Waals surface area (Å²) in [7, 11) is 0. The van der Waals surface area contributed by atoms with Crippen LogP contribution in [0.4, 0.5) is 10.3 Å². The van der Waals surface area contributed by atoms with Crippen LogP contribution >= 0.6 is 0 Å². The summed E-state index contributed by atoms with van der Waals surface area (Å²) in [5, 5.41) is 0.603. The molecule has 0 saturated heterocycles. The van der Waals surface area contributed by atoms with E-state index in [1.165, 1.54) is 12.1 Å². The Morgan fingerprint density at radius 2 is 1.73 bits per heavy atom. The first-order chi connectivity index (χ1) is 14.5. The Kier molecular flexibility index (Phi) is 4.20. The number of amides is 1. The van der Waals surface area contributed by atoms with Gasteiger partial charge in [0, 0.05) is 18.5 Å². The molecule has 0 fully saturated rings. The lowest BCUT2D eigenvalue weighted by molar-refractivity contribution is 0.0747. The number of rotatable bonds is 2. The number of nitrogens with two attached hydrogens (primary N) is 1. The van der Waals surface area contributed by atoms with Crippen molar-refractivity contribution in [1.82, 2.24) is 14.9 Å². The maximum Gasteiger partial charge on any atom is 0.273 e. The van der Waals surface area contributed by atoms with E-state index >= 15 is 0 Å². The largest absolute Gasteiger partial charge is 0.368 e. The van der Waals surface area contributed by atoms with Gasteiger partial charge in [0.05, 0.1) is 5.52 Å². The summed E-state index contributed by atoms with van der Waals surface area (Å²) in [6, 6.07) is 18.2. The average molecular weight is 398 g/mol. The lowest BCUT2D eigenvalue weighted by atomic mass is 9.98. The Labute approximate surface area is 173 Å². The second-order valence-corrected chi connectivity index (χ2v) is 7.55. The number of nitrogens with zero attached hydrogens (tertiary/aromatic N) is 3. The molecule has 5 nitrogen and oxygen atoms in total. The van der Waals surface area contributed by atoms with Gasteiger partial charge in [0.2, 0.25) is 5.95 Å². The Hall–Kier alpha value is -3.80. The molecule has 1 aliphatic rings. The van der Waals surface area contributed by atoms with Crippen LogP contribution in [-0.2, 0) is 13.1 Å². The summed E-state index contributed by atoms with van der Waals surface area (Å²) in [4.78, 5) is 23.7. The summed E-state index contributed by atoms with van der Waals surface area (Å²) in [5.41, 5.74) is 11.5. The van der Waals surface area contributed by atoms with Gasteiger partial charge < -0.3 is 10.6 Å². The second kappa shape index (κ2) is 6.91. The van der Waals surface area contributed by atoms with Crippen molar-refractivity contribution in [2.75, 3.05) is 5.73 Å². The number of anilines is 1. The first kappa shape index (κ1) is 18.2. The number of hydrogen-bond donors (Lipinski definition) is 1. The van der Waals surface area contributed by atoms with E-state index in [-0.39, 0.29) is 23.4 Å². The third-order valence-electron chi connectivity index (χ3n) is 5.55. The highest BCUT2D eigenvalue weighted by Crippen LogP contribution is 2.30. The summed E-state index contributed by atoms with van der Waals surface area (Å²) >= 11 is 0. The molecule has 6 heteroatoms. The van der Waals surface area contributed by atoms with Crippen molar-refractivity contribution in [2.45, 2.75) is 20.0 Å². The number of benzene rings is 3. The Morgan fingerprint density at radius 1 is 1.00 bits per heavy atom. The fourth-order valence-electron chi connectivity index (χ4n) is 4.01. The normalized spacial score (nSPS) is 12.9. The molecule has 0 aliphatic carbocycles. The smallest absolute Gasteiger partial charge is 0.273 e. The third-order valence-corrected chi connectivity index (χ3v) is 5.55. The highest BCUT2D eigenvalue weighted by molar-refractivity contribution is 6.05. The molecule has 0 radical (unpaired) electrons. The number of hydrogen-bond acceptors (Lipinski definition) is 4. The minimum Gasteiger partial charge on any atom is -0.368 e. The zero-order valence-electron chi connectivity index (χ0n) is 16.4. The SMILES string of the molecule is Cc1ccc(F)cc1-c1ccc2nc(N)nc(C(=O)N3Cc4ccccc4C3)c2c1. The van der Waals surface area contributed by atoms with Crippen molar-refractivity contribution >= 4 is 22.8 Å². The molecule has 1 aliphatic heterocycles. The van der Waals surface area contributed by atoms with E-state index in [1.807, 2.05) is 43.3 Å². The van der Waals surface area contributed by atoms with E-state index in [0.29, 0.717) is 24.0 Å². The first-order valence-electron chi connectivity index (χ1n) is 9.69. The fraction of sp³-hybridized carbons (Fsp3) is 0.125. The third kappa shape index (κ3) is 3.06. The molecule has 3 aromatic carbocycles. The van der Waals surface area contributed by atoms with Crippen molar-refractivity contribution in [1.29, 1.82) is 0 Å². The predicted molar refractivity (Wildman–Crippen MR) is 114 cm³/mol. The first-order valence-corrected chi connectivity index (χ1v) is 9.69. The van der Waals surface area contributed by atoms with Crippen LogP contribution in [0, 0.1) is 12.7 Å². The molecule has 0 atom stereocenters. The molecule has 0 saturated carbocycles. The van der Waals surface area contributed by atoms with Gasteiger partial charge in [-0.05, 0) is 59.0 Å². The maximum atomic E-state index is 13.8. The minimum atomic E-state index is -0.310. The molecule has 2 N–H and O–H groups in total. The van der Waals surface area contributed by atoms with Gasteiger partial charge in [-0.1, -0.05) is 36.4 Å². The summed E-state index contributed by atoms with van der Waals surface area (Å²) in [5.74, 6) is -0.453. The van der Waals surface area contributed by atoms with E-state index in [4.69, 9.17) is 5.73 Å². The molecule has 1 aromatic heterocycles. The topological polar surface area (TPSA) is 72.1 Å². The summed E-state index contributed by atoms with van der Waals surface area (Å²) in [6.45, 7) is 2.98. The van der Waals surface area contributed by atoms with Crippen LogP contribution < -0.4 is 5.73 Å². The zero-order chi connectivity index (χ0) is 20.8. The number of carbonyl (C=O) groups excluding carboxylic acids is 1. The number of halogens is 1. The molecule has 0 bridgehead atoms. The van der Waals surface area contributed by atoms with Gasteiger partial charge in [0.15, 0.2) is 0 Å². The number of aryl methyl sites for hydroxylation is 1. The molecular formula is C24H19FN4O. The van der Waals surface area contributed by atoms with Gasteiger partial charge >= 0.3 is 0 Å². The van der Waals surface area contributed by atoms with Crippen molar-refractivity contribution in [3.8, 4) is 11.1 Å². The number of carbonyl (C=O) groups is 1. The van der Waals surface area contributed by atoms with Crippen LogP contribution in [0.15, 0.2) is 60.7 Å². The van der Waals surface area contributed by atoms with Gasteiger partial charge in [-0.2, -0.15) is 0 Å². The standard InChI is InChI=1S/C24H19FN4O/c1-14-6-8-18(25)11-19(14)15-7-9-21-20(10-15)22(28-24(26)27-21)23(30)29-12-16-4-2-3-5-17(16)13-29/h2-11H,12-13H2,1H3,(H2,26,27,28). The molecule has 0 spiro atoms. The molecule has 30 heavy (non-hydrogen) atoms. The lowest BCUT2D eigenvalue weighted by Gasteiger charge is -2.17. The van der Waals surface area contributed by atoms with Crippen LogP contribution in [0.2, 0.25) is 0 Å². The zero-order valence-corrected chi connectivity index (χ0v) is 16.4. The van der Waals surface area contributed by atoms with Gasteiger partial charge in [-0.3, -0.25) is 4.79 Å². The maximum absolute atomic E-state index is 13.8. The molecule has 2 heterocycles. The van der Waals surface area contributed by atoms with Gasteiger partial charge in [0.1, 0.15) is 11.5 Å². The van der Waals surface area contributed by atoms with Gasteiger partial charge in [-0.15, -0.1) is 0 Å². The highest BCUT2D eigenvalue weighted by atomic mass is 19.1. The quantitative estimate of drug-likeness (QED) is 0.540. The molecular weight excluding hydrogens is 379 g/mol. The Morgan fingerprint density at radius 3 is 2.47 bits per heavy atom. The molecule has 1 amide bonds. The monoisotopic (exact) mass is 398 g/mol. The van der Waals surface area contributed by atoms with E-state index in [1.54, 1.807) is 17.0 Å². The molecule has 4 aromatic rings. The molecule has 0 unspecified atom stereocenters. The average Bonchev–Trinajstić information content (AvgIpc) is 3.18. The molecule has 5 rings (SSSR count). The van der Waals surface area contributed by atoms with E-state index in [0.717, 1.165) is 27.8 Å². The van der Waals surface area contributed by atoms with Crippen LogP contribution in [0.5, 0.6) is 0 Å². The van der Waals surface area contributed by atoms with E-state index in [2.05, 4.69) is 9.97 Å². The molecule has 148 valence electrons. The van der Waals surface area contributed by atoms with Crippen molar-refractivity contribution in [3.05, 3.63) is 88.9 Å². The Balaban J connectivity index is 1.61.